The average molecular weight is 230 g/mol. The van der Waals surface area contributed by atoms with Crippen LogP contribution in [0.2, 0.25) is 0 Å². The van der Waals surface area contributed by atoms with Crippen LogP contribution < -0.4 is 5.32 Å². The van der Waals surface area contributed by atoms with Crippen molar-refractivity contribution < 1.29 is 4.79 Å². The number of hydrogen-bond donors (Lipinski definition) is 1. The molecule has 0 saturated carbocycles. The van der Waals surface area contributed by atoms with Crippen LogP contribution in [-0.4, -0.2) is 20.4 Å². The molecule has 1 N–H and O–H groups in total. The predicted molar refractivity (Wildman–Crippen MR) is 63.1 cm³/mol. The summed E-state index contributed by atoms with van der Waals surface area (Å²) in [6.45, 7) is 2.65. The van der Waals surface area contributed by atoms with Crippen LogP contribution in [0.3, 0.4) is 0 Å². The lowest BCUT2D eigenvalue weighted by molar-refractivity contribution is -0.119. The van der Waals surface area contributed by atoms with Gasteiger partial charge in [-0.25, -0.2) is 4.98 Å². The molecule has 88 valence electrons. The minimum atomic E-state index is -0.0547. The molecule has 0 atom stereocenters. The van der Waals surface area contributed by atoms with Gasteiger partial charge in [0.05, 0.1) is 13.1 Å². The summed E-state index contributed by atoms with van der Waals surface area (Å²) in [7, 11) is 0. The van der Waals surface area contributed by atoms with E-state index in [0.717, 1.165) is 11.4 Å². The van der Waals surface area contributed by atoms with Crippen molar-refractivity contribution in [3.8, 4) is 0 Å². The summed E-state index contributed by atoms with van der Waals surface area (Å²) in [5.41, 5.74) is 1.11. The molecule has 0 aliphatic rings. The van der Waals surface area contributed by atoms with Crippen LogP contribution >= 0.6 is 0 Å². The number of pyridine rings is 1. The molecule has 5 heteroatoms. The van der Waals surface area contributed by atoms with Gasteiger partial charge in [-0.15, -0.1) is 0 Å². The van der Waals surface area contributed by atoms with Gasteiger partial charge in [0.15, 0.2) is 0 Å². The Balaban J connectivity index is 2.06. The highest BCUT2D eigenvalue weighted by atomic mass is 16.1. The highest BCUT2D eigenvalue weighted by molar-refractivity contribution is 5.72. The predicted octanol–water partition coefficient (Wildman–Crippen LogP) is 0.962. The number of aromatic nitrogens is 3. The third-order valence-electron chi connectivity index (χ3n) is 2.37. The lowest BCUT2D eigenvalue weighted by Crippen LogP contribution is -2.21. The topological polar surface area (TPSA) is 59.8 Å². The number of rotatable bonds is 4. The zero-order valence-corrected chi connectivity index (χ0v) is 9.63. The maximum Gasteiger partial charge on any atom is 0.217 e. The van der Waals surface area contributed by atoms with Crippen LogP contribution in [0.1, 0.15) is 18.3 Å². The van der Waals surface area contributed by atoms with Gasteiger partial charge in [-0.2, -0.15) is 0 Å². The molecule has 2 heterocycles. The van der Waals surface area contributed by atoms with Gasteiger partial charge in [0.1, 0.15) is 5.82 Å². The van der Waals surface area contributed by atoms with Crippen molar-refractivity contribution in [1.29, 1.82) is 0 Å². The minimum Gasteiger partial charge on any atom is -0.349 e. The molecule has 1 amide bonds. The van der Waals surface area contributed by atoms with E-state index in [1.165, 1.54) is 6.92 Å². The van der Waals surface area contributed by atoms with Crippen molar-refractivity contribution >= 4 is 5.91 Å². The van der Waals surface area contributed by atoms with Crippen LogP contribution in [0.4, 0.5) is 0 Å². The fourth-order valence-corrected chi connectivity index (χ4v) is 1.54. The maximum atomic E-state index is 10.9. The van der Waals surface area contributed by atoms with E-state index in [1.807, 2.05) is 29.1 Å². The van der Waals surface area contributed by atoms with Gasteiger partial charge >= 0.3 is 0 Å². The molecule has 0 aliphatic heterocycles. The van der Waals surface area contributed by atoms with Crippen molar-refractivity contribution in [1.82, 2.24) is 19.9 Å². The first kappa shape index (κ1) is 11.3. The number of hydrogen-bond acceptors (Lipinski definition) is 3. The van der Waals surface area contributed by atoms with Crippen LogP contribution in [-0.2, 0) is 17.9 Å². The fourth-order valence-electron chi connectivity index (χ4n) is 1.54. The molecule has 2 rings (SSSR count). The Morgan fingerprint density at radius 2 is 2.35 bits per heavy atom. The fraction of sp³-hybridized carbons (Fsp3) is 0.250. The summed E-state index contributed by atoms with van der Waals surface area (Å²) in [4.78, 5) is 19.1. The summed E-state index contributed by atoms with van der Waals surface area (Å²) in [5.74, 6) is 0.782. The van der Waals surface area contributed by atoms with Crippen molar-refractivity contribution in [2.24, 2.45) is 0 Å². The molecule has 0 bridgehead atoms. The van der Waals surface area contributed by atoms with Crippen LogP contribution in [0.5, 0.6) is 0 Å². The molecule has 0 unspecified atom stereocenters. The number of carbonyl (C=O) groups is 1. The first-order valence-corrected chi connectivity index (χ1v) is 5.39. The average Bonchev–Trinajstić information content (AvgIpc) is 2.75. The lowest BCUT2D eigenvalue weighted by Gasteiger charge is -2.07. The molecule has 0 fully saturated rings. The summed E-state index contributed by atoms with van der Waals surface area (Å²) in [6, 6.07) is 3.91. The summed E-state index contributed by atoms with van der Waals surface area (Å²) in [5, 5.41) is 2.74. The van der Waals surface area contributed by atoms with Crippen molar-refractivity contribution in [3.63, 3.8) is 0 Å². The smallest absolute Gasteiger partial charge is 0.217 e. The molecule has 0 aromatic carbocycles. The van der Waals surface area contributed by atoms with Gasteiger partial charge in [0.25, 0.3) is 0 Å². The Morgan fingerprint density at radius 1 is 1.47 bits per heavy atom. The maximum absolute atomic E-state index is 10.9. The largest absolute Gasteiger partial charge is 0.349 e. The van der Waals surface area contributed by atoms with Crippen molar-refractivity contribution in [3.05, 3.63) is 48.3 Å². The summed E-state index contributed by atoms with van der Waals surface area (Å²) >= 11 is 0. The van der Waals surface area contributed by atoms with Gasteiger partial charge < -0.3 is 9.88 Å². The highest BCUT2D eigenvalue weighted by Crippen LogP contribution is 2.04. The molecule has 2 aromatic heterocycles. The quantitative estimate of drug-likeness (QED) is 0.851. The second-order valence-electron chi connectivity index (χ2n) is 3.74. The molecule has 2 aromatic rings. The SMILES string of the molecule is CC(=O)NCc1nccn1Cc1cccnc1. The summed E-state index contributed by atoms with van der Waals surface area (Å²) in [6.07, 6.45) is 7.19. The minimum absolute atomic E-state index is 0.0547. The van der Waals surface area contributed by atoms with E-state index in [2.05, 4.69) is 15.3 Å². The zero-order chi connectivity index (χ0) is 12.1. The summed E-state index contributed by atoms with van der Waals surface area (Å²) < 4.78 is 1.99. The molecule has 0 aliphatic carbocycles. The van der Waals surface area contributed by atoms with Gasteiger partial charge in [-0.1, -0.05) is 6.07 Å². The monoisotopic (exact) mass is 230 g/mol. The Hall–Kier alpha value is -2.17. The van der Waals surface area contributed by atoms with E-state index in [4.69, 9.17) is 0 Å². The molecule has 0 spiro atoms. The van der Waals surface area contributed by atoms with Gasteiger partial charge in [0.2, 0.25) is 5.91 Å². The Kier molecular flexibility index (Phi) is 3.49. The molecule has 0 radical (unpaired) electrons. The van der Waals surface area contributed by atoms with Crippen molar-refractivity contribution in [2.75, 3.05) is 0 Å². The number of imidazole rings is 1. The highest BCUT2D eigenvalue weighted by Gasteiger charge is 2.03. The van der Waals surface area contributed by atoms with Gasteiger partial charge in [-0.05, 0) is 11.6 Å². The van der Waals surface area contributed by atoms with E-state index in [1.54, 1.807) is 12.4 Å². The number of nitrogens with zero attached hydrogens (tertiary/aromatic N) is 3. The number of carbonyl (C=O) groups excluding carboxylic acids is 1. The zero-order valence-electron chi connectivity index (χ0n) is 9.63. The molecule has 17 heavy (non-hydrogen) atoms. The molecular formula is C12H14N4O. The third-order valence-corrected chi connectivity index (χ3v) is 2.37. The normalized spacial score (nSPS) is 10.2. The third kappa shape index (κ3) is 3.14. The molecule has 5 nitrogen and oxygen atoms in total. The van der Waals surface area contributed by atoms with E-state index in [0.29, 0.717) is 13.1 Å². The van der Waals surface area contributed by atoms with Crippen LogP contribution in [0.25, 0.3) is 0 Å². The Bertz CT molecular complexity index is 492. The van der Waals surface area contributed by atoms with Crippen LogP contribution in [0.15, 0.2) is 36.9 Å². The van der Waals surface area contributed by atoms with Gasteiger partial charge in [-0.3, -0.25) is 9.78 Å². The van der Waals surface area contributed by atoms with E-state index in [9.17, 15) is 4.79 Å². The van der Waals surface area contributed by atoms with E-state index < -0.39 is 0 Å². The number of nitrogens with one attached hydrogen (secondary N) is 1. The Labute approximate surface area is 99.5 Å². The second-order valence-corrected chi connectivity index (χ2v) is 3.74. The first-order chi connectivity index (χ1) is 8.25. The lowest BCUT2D eigenvalue weighted by atomic mass is 10.3. The number of amides is 1. The standard InChI is InChI=1S/C12H14N4O/c1-10(17)15-8-12-14-5-6-16(12)9-11-3-2-4-13-7-11/h2-7H,8-9H2,1H3,(H,15,17). The molecular weight excluding hydrogens is 216 g/mol. The van der Waals surface area contributed by atoms with Crippen LogP contribution in [0, 0.1) is 0 Å². The first-order valence-electron chi connectivity index (χ1n) is 5.39. The van der Waals surface area contributed by atoms with Gasteiger partial charge in [0, 0.05) is 31.7 Å². The Morgan fingerprint density at radius 3 is 3.06 bits per heavy atom. The van der Waals surface area contributed by atoms with E-state index in [-0.39, 0.29) is 5.91 Å². The van der Waals surface area contributed by atoms with E-state index >= 15 is 0 Å². The second kappa shape index (κ2) is 5.25. The molecule has 0 saturated heterocycles. The van der Waals surface area contributed by atoms with Crippen molar-refractivity contribution in [2.45, 2.75) is 20.0 Å².